The van der Waals surface area contributed by atoms with Gasteiger partial charge in [0.15, 0.2) is 0 Å². The smallest absolute Gasteiger partial charge is 0.410 e. The number of carbonyl (C=O) groups is 2. The van der Waals surface area contributed by atoms with E-state index < -0.39 is 5.60 Å². The maximum atomic E-state index is 13.0. The second-order valence-electron chi connectivity index (χ2n) is 8.00. The molecule has 6 nitrogen and oxygen atoms in total. The van der Waals surface area contributed by atoms with Crippen LogP contribution in [0, 0.1) is 11.7 Å². The first kappa shape index (κ1) is 21.2. The monoisotopic (exact) mass is 420 g/mol. The van der Waals surface area contributed by atoms with Crippen molar-refractivity contribution < 1.29 is 23.5 Å². The molecule has 1 aromatic heterocycles. The highest BCUT2D eigenvalue weighted by atomic mass is 32.1. The van der Waals surface area contributed by atoms with Crippen molar-refractivity contribution in [2.45, 2.75) is 45.8 Å². The van der Waals surface area contributed by atoms with Crippen LogP contribution in [0.15, 0.2) is 29.6 Å². The van der Waals surface area contributed by atoms with Crippen LogP contribution in [0.25, 0.3) is 10.6 Å². The summed E-state index contributed by atoms with van der Waals surface area (Å²) in [6, 6.07) is 6.12. The predicted molar refractivity (Wildman–Crippen MR) is 108 cm³/mol. The van der Waals surface area contributed by atoms with Crippen molar-refractivity contribution >= 4 is 23.4 Å². The SMILES string of the molecule is CC(C)(C)OC(=O)N1CCC(C(=O)OCc2csc(-c3ccc(F)cc3)n2)CC1. The quantitative estimate of drug-likeness (QED) is 0.674. The molecule has 0 saturated carbocycles. The van der Waals surface area contributed by atoms with Gasteiger partial charge in [-0.05, 0) is 57.9 Å². The molecular weight excluding hydrogens is 395 g/mol. The van der Waals surface area contributed by atoms with Gasteiger partial charge < -0.3 is 14.4 Å². The lowest BCUT2D eigenvalue weighted by Crippen LogP contribution is -2.43. The molecule has 0 aliphatic carbocycles. The van der Waals surface area contributed by atoms with E-state index in [0.29, 0.717) is 31.6 Å². The molecule has 29 heavy (non-hydrogen) atoms. The lowest BCUT2D eigenvalue weighted by Gasteiger charge is -2.32. The molecule has 2 heterocycles. The highest BCUT2D eigenvalue weighted by Crippen LogP contribution is 2.25. The minimum absolute atomic E-state index is 0.100. The Morgan fingerprint density at radius 2 is 1.86 bits per heavy atom. The molecule has 0 unspecified atom stereocenters. The van der Waals surface area contributed by atoms with Crippen LogP contribution in [0.3, 0.4) is 0 Å². The summed E-state index contributed by atoms with van der Waals surface area (Å²) in [5.74, 6) is -0.800. The third-order valence-corrected chi connectivity index (χ3v) is 5.43. The van der Waals surface area contributed by atoms with Crippen LogP contribution in [0.2, 0.25) is 0 Å². The molecule has 1 fully saturated rings. The molecule has 0 spiro atoms. The number of halogens is 1. The number of hydrogen-bond donors (Lipinski definition) is 0. The van der Waals surface area contributed by atoms with Gasteiger partial charge in [0.2, 0.25) is 0 Å². The number of likely N-dealkylation sites (tertiary alicyclic amines) is 1. The first-order chi connectivity index (χ1) is 13.7. The fraction of sp³-hybridized carbons (Fsp3) is 0.476. The van der Waals surface area contributed by atoms with Gasteiger partial charge in [-0.2, -0.15) is 0 Å². The Morgan fingerprint density at radius 3 is 2.48 bits per heavy atom. The fourth-order valence-electron chi connectivity index (χ4n) is 2.99. The number of esters is 1. The van der Waals surface area contributed by atoms with E-state index in [1.807, 2.05) is 26.2 Å². The minimum atomic E-state index is -0.535. The summed E-state index contributed by atoms with van der Waals surface area (Å²) >= 11 is 1.42. The number of aromatic nitrogens is 1. The second kappa shape index (κ2) is 8.90. The number of rotatable bonds is 4. The van der Waals surface area contributed by atoms with E-state index in [-0.39, 0.29) is 30.4 Å². The topological polar surface area (TPSA) is 68.7 Å². The van der Waals surface area contributed by atoms with Crippen LogP contribution in [-0.2, 0) is 20.9 Å². The molecule has 1 saturated heterocycles. The lowest BCUT2D eigenvalue weighted by atomic mass is 9.97. The highest BCUT2D eigenvalue weighted by Gasteiger charge is 2.30. The zero-order valence-electron chi connectivity index (χ0n) is 16.8. The molecule has 0 atom stereocenters. The Balaban J connectivity index is 1.46. The summed E-state index contributed by atoms with van der Waals surface area (Å²) < 4.78 is 23.8. The van der Waals surface area contributed by atoms with Crippen LogP contribution < -0.4 is 0 Å². The highest BCUT2D eigenvalue weighted by molar-refractivity contribution is 7.13. The summed E-state index contributed by atoms with van der Waals surface area (Å²) in [7, 11) is 0. The van der Waals surface area contributed by atoms with E-state index in [1.54, 1.807) is 17.0 Å². The predicted octanol–water partition coefficient (Wildman–Crippen LogP) is 4.64. The van der Waals surface area contributed by atoms with Gasteiger partial charge in [-0.3, -0.25) is 4.79 Å². The minimum Gasteiger partial charge on any atom is -0.459 e. The lowest BCUT2D eigenvalue weighted by molar-refractivity contribution is -0.151. The number of amides is 1. The number of carbonyl (C=O) groups excluding carboxylic acids is 2. The Bertz CT molecular complexity index is 852. The van der Waals surface area contributed by atoms with E-state index in [0.717, 1.165) is 10.6 Å². The van der Waals surface area contributed by atoms with Crippen molar-refractivity contribution in [1.82, 2.24) is 9.88 Å². The Morgan fingerprint density at radius 1 is 1.21 bits per heavy atom. The van der Waals surface area contributed by atoms with Crippen molar-refractivity contribution in [1.29, 1.82) is 0 Å². The molecule has 8 heteroatoms. The van der Waals surface area contributed by atoms with Gasteiger partial charge in [0.05, 0.1) is 11.6 Å². The van der Waals surface area contributed by atoms with E-state index >= 15 is 0 Å². The Labute approximate surface area is 173 Å². The molecule has 3 rings (SSSR count). The number of hydrogen-bond acceptors (Lipinski definition) is 6. The van der Waals surface area contributed by atoms with Crippen molar-refractivity contribution in [3.63, 3.8) is 0 Å². The van der Waals surface area contributed by atoms with Crippen molar-refractivity contribution in [2.24, 2.45) is 5.92 Å². The summed E-state index contributed by atoms with van der Waals surface area (Å²) in [5.41, 5.74) is 0.949. The van der Waals surface area contributed by atoms with Crippen molar-refractivity contribution in [3.05, 3.63) is 41.2 Å². The van der Waals surface area contributed by atoms with Gasteiger partial charge >= 0.3 is 12.1 Å². The third kappa shape index (κ3) is 6.00. The normalized spacial score (nSPS) is 15.2. The average Bonchev–Trinajstić information content (AvgIpc) is 3.14. The van der Waals surface area contributed by atoms with Gasteiger partial charge in [-0.25, -0.2) is 14.2 Å². The van der Waals surface area contributed by atoms with E-state index in [1.165, 1.54) is 23.5 Å². The van der Waals surface area contributed by atoms with Gasteiger partial charge in [0.1, 0.15) is 23.0 Å². The maximum Gasteiger partial charge on any atom is 0.410 e. The molecule has 2 aromatic rings. The summed E-state index contributed by atoms with van der Waals surface area (Å²) in [6.07, 6.45) is 0.756. The number of thiazole rings is 1. The van der Waals surface area contributed by atoms with Crippen molar-refractivity contribution in [3.8, 4) is 10.6 Å². The largest absolute Gasteiger partial charge is 0.459 e. The van der Waals surface area contributed by atoms with E-state index in [4.69, 9.17) is 9.47 Å². The molecule has 0 N–H and O–H groups in total. The van der Waals surface area contributed by atoms with Crippen LogP contribution in [0.5, 0.6) is 0 Å². The van der Waals surface area contributed by atoms with Crippen LogP contribution in [0.4, 0.5) is 9.18 Å². The fourth-order valence-corrected chi connectivity index (χ4v) is 3.80. The number of ether oxygens (including phenoxy) is 2. The van der Waals surface area contributed by atoms with Crippen LogP contribution in [-0.4, -0.2) is 40.6 Å². The number of benzene rings is 1. The molecular formula is C21H25FN2O4S. The first-order valence-corrected chi connectivity index (χ1v) is 10.4. The molecule has 1 aliphatic rings. The standard InChI is InChI=1S/C21H25FN2O4S/c1-21(2,3)28-20(26)24-10-8-15(9-11-24)19(25)27-12-17-13-29-18(23-17)14-4-6-16(22)7-5-14/h4-7,13,15H,8-12H2,1-3H3. The van der Waals surface area contributed by atoms with Crippen LogP contribution >= 0.6 is 11.3 Å². The third-order valence-electron chi connectivity index (χ3n) is 4.49. The Kier molecular flexibility index (Phi) is 6.52. The number of piperidine rings is 1. The zero-order valence-corrected chi connectivity index (χ0v) is 17.6. The Hall–Kier alpha value is -2.48. The van der Waals surface area contributed by atoms with Crippen molar-refractivity contribution in [2.75, 3.05) is 13.1 Å². The maximum absolute atomic E-state index is 13.0. The molecule has 1 aromatic carbocycles. The van der Waals surface area contributed by atoms with Gasteiger partial charge in [-0.1, -0.05) is 0 Å². The molecule has 0 radical (unpaired) electrons. The molecule has 156 valence electrons. The van der Waals surface area contributed by atoms with Crippen LogP contribution in [0.1, 0.15) is 39.3 Å². The summed E-state index contributed by atoms with van der Waals surface area (Å²) in [5, 5.41) is 2.58. The average molecular weight is 421 g/mol. The van der Waals surface area contributed by atoms with Gasteiger partial charge in [-0.15, -0.1) is 11.3 Å². The van der Waals surface area contributed by atoms with E-state index in [9.17, 15) is 14.0 Å². The second-order valence-corrected chi connectivity index (χ2v) is 8.86. The molecule has 1 amide bonds. The van der Waals surface area contributed by atoms with Gasteiger partial charge in [0.25, 0.3) is 0 Å². The van der Waals surface area contributed by atoms with Gasteiger partial charge in [0, 0.05) is 24.0 Å². The molecule has 0 bridgehead atoms. The molecule has 1 aliphatic heterocycles. The zero-order chi connectivity index (χ0) is 21.0. The van der Waals surface area contributed by atoms with E-state index in [2.05, 4.69) is 4.98 Å². The summed E-state index contributed by atoms with van der Waals surface area (Å²) in [6.45, 7) is 6.53. The number of nitrogens with zero attached hydrogens (tertiary/aromatic N) is 2. The first-order valence-electron chi connectivity index (χ1n) is 9.56. The summed E-state index contributed by atoms with van der Waals surface area (Å²) in [4.78, 5) is 30.5.